The van der Waals surface area contributed by atoms with Gasteiger partial charge in [0, 0.05) is 17.0 Å². The highest BCUT2D eigenvalue weighted by Gasteiger charge is 2.07. The van der Waals surface area contributed by atoms with E-state index in [-0.39, 0.29) is 0 Å². The van der Waals surface area contributed by atoms with E-state index in [1.54, 1.807) is 17.8 Å². The van der Waals surface area contributed by atoms with Gasteiger partial charge in [-0.2, -0.15) is 0 Å². The van der Waals surface area contributed by atoms with Crippen LogP contribution in [0.25, 0.3) is 0 Å². The summed E-state index contributed by atoms with van der Waals surface area (Å²) in [6.45, 7) is 1.45. The first-order valence-corrected chi connectivity index (χ1v) is 8.08. The van der Waals surface area contributed by atoms with Gasteiger partial charge in [-0.25, -0.2) is 0 Å². The van der Waals surface area contributed by atoms with Crippen molar-refractivity contribution in [3.8, 4) is 5.75 Å². The minimum atomic E-state index is 0.360. The third-order valence-electron chi connectivity index (χ3n) is 3.40. The monoisotopic (exact) mass is 291 g/mol. The molecule has 0 radical (unpaired) electrons. The molecule has 0 bridgehead atoms. The van der Waals surface area contributed by atoms with Crippen LogP contribution in [0.4, 0.5) is 0 Å². The van der Waals surface area contributed by atoms with Crippen molar-refractivity contribution in [3.63, 3.8) is 0 Å². The molecule has 2 rings (SSSR count). The van der Waals surface area contributed by atoms with Gasteiger partial charge < -0.3 is 15.5 Å². The van der Waals surface area contributed by atoms with Gasteiger partial charge in [-0.15, -0.1) is 11.8 Å². The smallest absolute Gasteiger partial charge is 0.119 e. The average Bonchev–Trinajstić information content (AvgIpc) is 2.46. The van der Waals surface area contributed by atoms with Crippen LogP contribution in [0, 0.1) is 0 Å². The molecule has 20 heavy (non-hydrogen) atoms. The quantitative estimate of drug-likeness (QED) is 0.555. The number of allylic oxidation sites excluding steroid dienone is 2. The summed E-state index contributed by atoms with van der Waals surface area (Å²) in [5, 5.41) is 22.9. The Morgan fingerprint density at radius 2 is 2.00 bits per heavy atom. The molecule has 0 fully saturated rings. The molecular formula is C16H21NO2S. The molecule has 1 aromatic rings. The number of aliphatic hydroxyl groups is 1. The van der Waals surface area contributed by atoms with Crippen LogP contribution in [-0.4, -0.2) is 29.6 Å². The first-order chi connectivity index (χ1) is 9.70. The molecule has 3 nitrogen and oxygen atoms in total. The highest BCUT2D eigenvalue weighted by atomic mass is 32.2. The molecule has 1 aliphatic rings. The zero-order chi connectivity index (χ0) is 14.4. The predicted molar refractivity (Wildman–Crippen MR) is 84.5 cm³/mol. The maximum Gasteiger partial charge on any atom is 0.119 e. The first kappa shape index (κ1) is 15.0. The van der Waals surface area contributed by atoms with Crippen molar-refractivity contribution in [2.75, 3.05) is 19.3 Å². The summed E-state index contributed by atoms with van der Waals surface area (Å²) in [7, 11) is 0. The van der Waals surface area contributed by atoms with Crippen LogP contribution in [0.15, 0.2) is 46.6 Å². The lowest BCUT2D eigenvalue weighted by Crippen LogP contribution is -2.21. The van der Waals surface area contributed by atoms with Crippen molar-refractivity contribution in [1.29, 1.82) is 0 Å². The van der Waals surface area contributed by atoms with E-state index in [4.69, 9.17) is 0 Å². The Labute approximate surface area is 124 Å². The van der Waals surface area contributed by atoms with E-state index in [9.17, 15) is 10.2 Å². The van der Waals surface area contributed by atoms with Crippen molar-refractivity contribution in [3.05, 3.63) is 47.2 Å². The molecule has 0 spiro atoms. The van der Waals surface area contributed by atoms with Crippen LogP contribution in [-0.2, 0) is 6.42 Å². The second-order valence-electron chi connectivity index (χ2n) is 4.82. The van der Waals surface area contributed by atoms with E-state index in [0.29, 0.717) is 18.1 Å². The van der Waals surface area contributed by atoms with E-state index < -0.39 is 0 Å². The molecule has 1 aromatic carbocycles. The van der Waals surface area contributed by atoms with Crippen LogP contribution in [0.1, 0.15) is 18.4 Å². The lowest BCUT2D eigenvalue weighted by molar-refractivity contribution is 0.412. The van der Waals surface area contributed by atoms with E-state index in [2.05, 4.69) is 11.4 Å². The zero-order valence-electron chi connectivity index (χ0n) is 11.7. The van der Waals surface area contributed by atoms with Crippen molar-refractivity contribution in [1.82, 2.24) is 5.32 Å². The van der Waals surface area contributed by atoms with Crippen LogP contribution >= 0.6 is 11.8 Å². The number of nitrogens with one attached hydrogen (secondary N) is 1. The summed E-state index contributed by atoms with van der Waals surface area (Å²) in [6, 6.07) is 5.80. The van der Waals surface area contributed by atoms with Crippen molar-refractivity contribution in [2.24, 2.45) is 0 Å². The number of rotatable bonds is 6. The molecule has 0 atom stereocenters. The molecule has 0 saturated carbocycles. The number of hydrogen-bond acceptors (Lipinski definition) is 4. The second kappa shape index (κ2) is 7.41. The minimum Gasteiger partial charge on any atom is -0.508 e. The van der Waals surface area contributed by atoms with E-state index in [0.717, 1.165) is 41.8 Å². The Morgan fingerprint density at radius 3 is 2.70 bits per heavy atom. The fraction of sp³-hybridized carbons (Fsp3) is 0.375. The third kappa shape index (κ3) is 4.05. The molecule has 4 heteroatoms. The summed E-state index contributed by atoms with van der Waals surface area (Å²) >= 11 is 1.62. The number of benzene rings is 1. The third-order valence-corrected chi connectivity index (χ3v) is 4.13. The van der Waals surface area contributed by atoms with Crippen LogP contribution in [0.5, 0.6) is 5.75 Å². The molecule has 0 heterocycles. The molecule has 1 aliphatic carbocycles. The molecular weight excluding hydrogens is 270 g/mol. The minimum absolute atomic E-state index is 0.360. The summed E-state index contributed by atoms with van der Waals surface area (Å²) in [4.78, 5) is 1.07. The molecule has 0 saturated heterocycles. The Balaban J connectivity index is 1.79. The van der Waals surface area contributed by atoms with Gasteiger partial charge in [0.25, 0.3) is 0 Å². The van der Waals surface area contributed by atoms with Gasteiger partial charge in [-0.05, 0) is 55.8 Å². The average molecular weight is 291 g/mol. The van der Waals surface area contributed by atoms with E-state index >= 15 is 0 Å². The van der Waals surface area contributed by atoms with E-state index in [1.807, 2.05) is 24.5 Å². The SMILES string of the molecule is CSc1ccc(CCNCC2=CCCC=C2O)c(O)c1. The summed E-state index contributed by atoms with van der Waals surface area (Å²) in [6.07, 6.45) is 8.63. The molecule has 0 amide bonds. The number of hydrogen-bond donors (Lipinski definition) is 3. The molecule has 3 N–H and O–H groups in total. The lowest BCUT2D eigenvalue weighted by atomic mass is 10.1. The normalized spacial score (nSPS) is 14.8. The summed E-state index contributed by atoms with van der Waals surface area (Å²) < 4.78 is 0. The Kier molecular flexibility index (Phi) is 5.56. The summed E-state index contributed by atoms with van der Waals surface area (Å²) in [5.74, 6) is 0.759. The molecule has 0 unspecified atom stereocenters. The molecule has 108 valence electrons. The maximum atomic E-state index is 9.91. The molecule has 0 aromatic heterocycles. The van der Waals surface area contributed by atoms with Gasteiger partial charge in [0.05, 0.1) is 0 Å². The second-order valence-corrected chi connectivity index (χ2v) is 5.70. The van der Waals surface area contributed by atoms with Gasteiger partial charge in [-0.1, -0.05) is 12.1 Å². The van der Waals surface area contributed by atoms with Crippen molar-refractivity contribution < 1.29 is 10.2 Å². The highest BCUT2D eigenvalue weighted by Crippen LogP contribution is 2.24. The number of phenolic OH excluding ortho intramolecular Hbond substituents is 1. The highest BCUT2D eigenvalue weighted by molar-refractivity contribution is 7.98. The van der Waals surface area contributed by atoms with Gasteiger partial charge in [0.2, 0.25) is 0 Å². The fourth-order valence-electron chi connectivity index (χ4n) is 2.20. The zero-order valence-corrected chi connectivity index (χ0v) is 12.5. The number of aliphatic hydroxyl groups excluding tert-OH is 1. The number of aromatic hydroxyl groups is 1. The van der Waals surface area contributed by atoms with E-state index in [1.165, 1.54) is 0 Å². The van der Waals surface area contributed by atoms with Crippen molar-refractivity contribution >= 4 is 11.8 Å². The Hall–Kier alpha value is -1.39. The molecule has 0 aliphatic heterocycles. The Morgan fingerprint density at radius 1 is 1.20 bits per heavy atom. The van der Waals surface area contributed by atoms with Gasteiger partial charge in [0.15, 0.2) is 0 Å². The Bertz CT molecular complexity index is 523. The number of thioether (sulfide) groups is 1. The lowest BCUT2D eigenvalue weighted by Gasteiger charge is -2.12. The van der Waals surface area contributed by atoms with Gasteiger partial charge in [-0.3, -0.25) is 0 Å². The van der Waals surface area contributed by atoms with Crippen LogP contribution in [0.3, 0.4) is 0 Å². The summed E-state index contributed by atoms with van der Waals surface area (Å²) in [5.41, 5.74) is 1.92. The largest absolute Gasteiger partial charge is 0.508 e. The topological polar surface area (TPSA) is 52.5 Å². The standard InChI is InChI=1S/C16H21NO2S/c1-20-14-7-6-12(16(19)10-14)8-9-17-11-13-4-2-3-5-15(13)18/h4-7,10,17-19H,2-3,8-9,11H2,1H3. The predicted octanol–water partition coefficient (Wildman–Crippen LogP) is 3.41. The fourth-order valence-corrected chi connectivity index (χ4v) is 2.64. The maximum absolute atomic E-state index is 9.91. The van der Waals surface area contributed by atoms with Crippen LogP contribution in [0.2, 0.25) is 0 Å². The number of phenols is 1. The van der Waals surface area contributed by atoms with Crippen LogP contribution < -0.4 is 5.32 Å². The van der Waals surface area contributed by atoms with Gasteiger partial charge >= 0.3 is 0 Å². The first-order valence-electron chi connectivity index (χ1n) is 6.86. The van der Waals surface area contributed by atoms with Gasteiger partial charge in [0.1, 0.15) is 11.5 Å². The van der Waals surface area contributed by atoms with Crippen molar-refractivity contribution in [2.45, 2.75) is 24.2 Å².